The fourth-order valence-electron chi connectivity index (χ4n) is 2.49. The molecule has 1 saturated heterocycles. The molecule has 0 amide bonds. The molecule has 0 aromatic carbocycles. The number of halogens is 1. The zero-order valence-corrected chi connectivity index (χ0v) is 12.0. The highest BCUT2D eigenvalue weighted by Gasteiger charge is 2.20. The largest absolute Gasteiger partial charge is 0.317 e. The molecular formula is C13H21ClN2S. The highest BCUT2D eigenvalue weighted by molar-refractivity contribution is 7.10. The SMILES string of the molecule is CCCN(Cc1cc(Cl)cs1)C1CCNCC1. The van der Waals surface area contributed by atoms with Crippen molar-refractivity contribution in [2.24, 2.45) is 0 Å². The Hall–Kier alpha value is -0.0900. The van der Waals surface area contributed by atoms with Gasteiger partial charge in [-0.25, -0.2) is 0 Å². The van der Waals surface area contributed by atoms with E-state index >= 15 is 0 Å². The van der Waals surface area contributed by atoms with Gasteiger partial charge in [-0.1, -0.05) is 18.5 Å². The third kappa shape index (κ3) is 3.95. The first kappa shape index (κ1) is 13.3. The van der Waals surface area contributed by atoms with Gasteiger partial charge in [0, 0.05) is 22.8 Å². The van der Waals surface area contributed by atoms with Crippen molar-refractivity contribution in [3.8, 4) is 0 Å². The summed E-state index contributed by atoms with van der Waals surface area (Å²) in [6.07, 6.45) is 3.78. The first-order valence-corrected chi connectivity index (χ1v) is 7.73. The molecule has 1 N–H and O–H groups in total. The van der Waals surface area contributed by atoms with Crippen molar-refractivity contribution < 1.29 is 0 Å². The van der Waals surface area contributed by atoms with Crippen molar-refractivity contribution in [3.05, 3.63) is 21.3 Å². The van der Waals surface area contributed by atoms with Crippen molar-refractivity contribution in [1.29, 1.82) is 0 Å². The summed E-state index contributed by atoms with van der Waals surface area (Å²) in [6, 6.07) is 2.85. The van der Waals surface area contributed by atoms with Gasteiger partial charge in [0.05, 0.1) is 5.02 Å². The molecular weight excluding hydrogens is 252 g/mol. The number of nitrogens with one attached hydrogen (secondary N) is 1. The zero-order chi connectivity index (χ0) is 12.1. The van der Waals surface area contributed by atoms with Crippen molar-refractivity contribution in [2.45, 2.75) is 38.8 Å². The van der Waals surface area contributed by atoms with Crippen LogP contribution in [-0.2, 0) is 6.54 Å². The van der Waals surface area contributed by atoms with Gasteiger partial charge in [0.25, 0.3) is 0 Å². The number of piperidine rings is 1. The van der Waals surface area contributed by atoms with Crippen LogP contribution in [0.15, 0.2) is 11.4 Å². The second-order valence-electron chi connectivity index (χ2n) is 4.68. The summed E-state index contributed by atoms with van der Waals surface area (Å²) in [7, 11) is 0. The lowest BCUT2D eigenvalue weighted by atomic mass is 10.0. The van der Waals surface area contributed by atoms with Gasteiger partial charge < -0.3 is 5.32 Å². The molecule has 0 bridgehead atoms. The summed E-state index contributed by atoms with van der Waals surface area (Å²) >= 11 is 7.77. The van der Waals surface area contributed by atoms with Crippen LogP contribution in [-0.4, -0.2) is 30.6 Å². The molecule has 0 atom stereocenters. The lowest BCUT2D eigenvalue weighted by Gasteiger charge is -2.34. The lowest BCUT2D eigenvalue weighted by Crippen LogP contribution is -2.42. The van der Waals surface area contributed by atoms with E-state index in [9.17, 15) is 0 Å². The standard InChI is InChI=1S/C13H21ClN2S/c1-2-7-16(12-3-5-15-6-4-12)9-13-8-11(14)10-17-13/h8,10,12,15H,2-7,9H2,1H3. The highest BCUT2D eigenvalue weighted by Crippen LogP contribution is 2.23. The number of thiophene rings is 1. The van der Waals surface area contributed by atoms with Crippen LogP contribution in [0.2, 0.25) is 5.02 Å². The fourth-order valence-corrected chi connectivity index (χ4v) is 3.58. The van der Waals surface area contributed by atoms with E-state index in [0.29, 0.717) is 0 Å². The molecule has 1 fully saturated rings. The van der Waals surface area contributed by atoms with Crippen LogP contribution < -0.4 is 5.32 Å². The van der Waals surface area contributed by atoms with Gasteiger partial charge >= 0.3 is 0 Å². The van der Waals surface area contributed by atoms with Gasteiger partial charge in [0.1, 0.15) is 0 Å². The van der Waals surface area contributed by atoms with Crippen molar-refractivity contribution in [1.82, 2.24) is 10.2 Å². The summed E-state index contributed by atoms with van der Waals surface area (Å²) in [5.74, 6) is 0. The van der Waals surface area contributed by atoms with Gasteiger partial charge in [-0.15, -0.1) is 11.3 Å². The molecule has 1 aromatic rings. The minimum Gasteiger partial charge on any atom is -0.317 e. The second kappa shape index (κ2) is 6.74. The average Bonchev–Trinajstić information content (AvgIpc) is 2.75. The van der Waals surface area contributed by atoms with E-state index in [1.54, 1.807) is 11.3 Å². The molecule has 0 radical (unpaired) electrons. The monoisotopic (exact) mass is 272 g/mol. The summed E-state index contributed by atoms with van der Waals surface area (Å²) in [6.45, 7) is 6.84. The molecule has 2 nitrogen and oxygen atoms in total. The normalized spacial score (nSPS) is 17.8. The number of hydrogen-bond acceptors (Lipinski definition) is 3. The maximum Gasteiger partial charge on any atom is 0.0516 e. The van der Waals surface area contributed by atoms with E-state index in [1.807, 2.05) is 5.38 Å². The van der Waals surface area contributed by atoms with Crippen molar-refractivity contribution in [3.63, 3.8) is 0 Å². The topological polar surface area (TPSA) is 15.3 Å². The summed E-state index contributed by atoms with van der Waals surface area (Å²) in [5, 5.41) is 6.35. The Balaban J connectivity index is 1.95. The zero-order valence-electron chi connectivity index (χ0n) is 10.4. The van der Waals surface area contributed by atoms with Gasteiger partial charge in [0.15, 0.2) is 0 Å². The summed E-state index contributed by atoms with van der Waals surface area (Å²) in [5.41, 5.74) is 0. The van der Waals surface area contributed by atoms with E-state index in [4.69, 9.17) is 11.6 Å². The van der Waals surface area contributed by atoms with Crippen LogP contribution in [0.5, 0.6) is 0 Å². The summed E-state index contributed by atoms with van der Waals surface area (Å²) in [4.78, 5) is 4.02. The lowest BCUT2D eigenvalue weighted by molar-refractivity contribution is 0.155. The predicted molar refractivity (Wildman–Crippen MR) is 75.9 cm³/mol. The Bertz CT molecular complexity index is 334. The van der Waals surface area contributed by atoms with Crippen LogP contribution in [0.3, 0.4) is 0 Å². The van der Waals surface area contributed by atoms with Gasteiger partial charge in [-0.05, 0) is 45.0 Å². The van der Waals surface area contributed by atoms with E-state index < -0.39 is 0 Å². The molecule has 0 spiro atoms. The predicted octanol–water partition coefficient (Wildman–Crippen LogP) is 3.37. The second-order valence-corrected chi connectivity index (χ2v) is 6.12. The van der Waals surface area contributed by atoms with Crippen LogP contribution in [0.4, 0.5) is 0 Å². The smallest absolute Gasteiger partial charge is 0.0516 e. The highest BCUT2D eigenvalue weighted by atomic mass is 35.5. The molecule has 2 rings (SSSR count). The molecule has 2 heterocycles. The van der Waals surface area contributed by atoms with Crippen LogP contribution in [0.1, 0.15) is 31.1 Å². The van der Waals surface area contributed by atoms with E-state index in [2.05, 4.69) is 23.2 Å². The van der Waals surface area contributed by atoms with Gasteiger partial charge in [0.2, 0.25) is 0 Å². The molecule has 1 aliphatic heterocycles. The van der Waals surface area contributed by atoms with Crippen LogP contribution in [0.25, 0.3) is 0 Å². The minimum absolute atomic E-state index is 0.747. The number of hydrogen-bond donors (Lipinski definition) is 1. The number of nitrogens with zero attached hydrogens (tertiary/aromatic N) is 1. The first-order valence-electron chi connectivity index (χ1n) is 6.47. The first-order chi connectivity index (χ1) is 8.29. The molecule has 0 saturated carbocycles. The van der Waals surface area contributed by atoms with Crippen molar-refractivity contribution in [2.75, 3.05) is 19.6 Å². The minimum atomic E-state index is 0.747. The van der Waals surface area contributed by atoms with Crippen molar-refractivity contribution >= 4 is 22.9 Å². The van der Waals surface area contributed by atoms with E-state index in [0.717, 1.165) is 30.7 Å². The molecule has 1 aliphatic rings. The Morgan fingerprint density at radius 1 is 1.47 bits per heavy atom. The Kier molecular flexibility index (Phi) is 5.29. The molecule has 96 valence electrons. The molecule has 0 aliphatic carbocycles. The quantitative estimate of drug-likeness (QED) is 0.884. The fraction of sp³-hybridized carbons (Fsp3) is 0.692. The molecule has 0 unspecified atom stereocenters. The molecule has 4 heteroatoms. The Morgan fingerprint density at radius 2 is 2.24 bits per heavy atom. The molecule has 1 aromatic heterocycles. The maximum atomic E-state index is 5.99. The van der Waals surface area contributed by atoms with Gasteiger partial charge in [-0.3, -0.25) is 4.90 Å². The maximum absolute atomic E-state index is 5.99. The third-order valence-electron chi connectivity index (χ3n) is 3.32. The third-order valence-corrected chi connectivity index (χ3v) is 4.59. The summed E-state index contributed by atoms with van der Waals surface area (Å²) < 4.78 is 0. The average molecular weight is 273 g/mol. The van der Waals surface area contributed by atoms with E-state index in [1.165, 1.54) is 30.7 Å². The Labute approximate surface area is 113 Å². The van der Waals surface area contributed by atoms with Crippen LogP contribution >= 0.6 is 22.9 Å². The Morgan fingerprint density at radius 3 is 2.82 bits per heavy atom. The molecule has 17 heavy (non-hydrogen) atoms. The number of rotatable bonds is 5. The van der Waals surface area contributed by atoms with Crippen LogP contribution in [0, 0.1) is 0 Å². The van der Waals surface area contributed by atoms with E-state index in [-0.39, 0.29) is 0 Å². The van der Waals surface area contributed by atoms with Gasteiger partial charge in [-0.2, -0.15) is 0 Å².